The zero-order valence-electron chi connectivity index (χ0n) is 23.0. The Kier molecular flexibility index (Phi) is 9.54. The third-order valence-electron chi connectivity index (χ3n) is 9.44. The van der Waals surface area contributed by atoms with E-state index >= 15 is 0 Å². The number of esters is 2. The maximum Gasteiger partial charge on any atom is 0.309 e. The molecule has 3 saturated carbocycles. The van der Waals surface area contributed by atoms with Crippen molar-refractivity contribution in [2.75, 3.05) is 13.2 Å². The van der Waals surface area contributed by atoms with Crippen molar-refractivity contribution in [2.24, 2.45) is 46.3 Å². The molecule has 0 heterocycles. The Labute approximate surface area is 209 Å². The Bertz CT molecular complexity index is 596. The van der Waals surface area contributed by atoms with Gasteiger partial charge in [0, 0.05) is 0 Å². The molecule has 34 heavy (non-hydrogen) atoms. The van der Waals surface area contributed by atoms with E-state index in [1.54, 1.807) is 0 Å². The van der Waals surface area contributed by atoms with Crippen LogP contribution in [0.25, 0.3) is 0 Å². The Hall–Kier alpha value is -1.06. The van der Waals surface area contributed by atoms with Crippen LogP contribution < -0.4 is 0 Å². The summed E-state index contributed by atoms with van der Waals surface area (Å²) in [5.41, 5.74) is 0.729. The van der Waals surface area contributed by atoms with E-state index < -0.39 is 0 Å². The van der Waals surface area contributed by atoms with Gasteiger partial charge in [0.05, 0.1) is 25.0 Å². The van der Waals surface area contributed by atoms with Crippen molar-refractivity contribution in [3.05, 3.63) is 0 Å². The summed E-state index contributed by atoms with van der Waals surface area (Å²) in [6, 6.07) is 0. The Balaban J connectivity index is 1.42. The van der Waals surface area contributed by atoms with Crippen LogP contribution in [0.5, 0.6) is 0 Å². The van der Waals surface area contributed by atoms with Crippen LogP contribution in [0.2, 0.25) is 0 Å². The van der Waals surface area contributed by atoms with E-state index in [9.17, 15) is 9.59 Å². The minimum Gasteiger partial charge on any atom is -0.465 e. The third-order valence-corrected chi connectivity index (χ3v) is 9.44. The van der Waals surface area contributed by atoms with Crippen LogP contribution in [0.3, 0.4) is 0 Å². The Morgan fingerprint density at radius 2 is 0.882 bits per heavy atom. The summed E-state index contributed by atoms with van der Waals surface area (Å²) < 4.78 is 11.6. The number of hydrogen-bond donors (Lipinski definition) is 0. The second kappa shape index (κ2) is 11.8. The van der Waals surface area contributed by atoms with Gasteiger partial charge in [-0.2, -0.15) is 0 Å². The molecule has 0 aromatic carbocycles. The van der Waals surface area contributed by atoms with Gasteiger partial charge in [-0.15, -0.1) is 0 Å². The molecule has 0 amide bonds. The van der Waals surface area contributed by atoms with Gasteiger partial charge in [-0.05, 0) is 98.7 Å². The molecule has 0 bridgehead atoms. The zero-order chi connectivity index (χ0) is 24.9. The fraction of sp³-hybridized carbons (Fsp3) is 0.933. The molecule has 0 spiro atoms. The molecule has 2 atom stereocenters. The molecular weight excluding hydrogens is 424 g/mol. The highest BCUT2D eigenvalue weighted by molar-refractivity contribution is 5.82. The van der Waals surface area contributed by atoms with Gasteiger partial charge in [-0.1, -0.05) is 54.4 Å². The van der Waals surface area contributed by atoms with Crippen LogP contribution in [0, 0.1) is 46.3 Å². The Morgan fingerprint density at radius 1 is 0.559 bits per heavy atom. The first-order valence-electron chi connectivity index (χ1n) is 14.3. The predicted molar refractivity (Wildman–Crippen MR) is 137 cm³/mol. The van der Waals surface area contributed by atoms with Gasteiger partial charge in [-0.25, -0.2) is 0 Å². The highest BCUT2D eigenvalue weighted by atomic mass is 16.5. The Morgan fingerprint density at radius 3 is 1.18 bits per heavy atom. The topological polar surface area (TPSA) is 52.6 Å². The lowest BCUT2D eigenvalue weighted by atomic mass is 9.70. The van der Waals surface area contributed by atoms with Gasteiger partial charge in [-0.3, -0.25) is 9.59 Å². The fourth-order valence-corrected chi connectivity index (χ4v) is 6.70. The quantitative estimate of drug-likeness (QED) is 0.371. The number of carbonyl (C=O) groups excluding carboxylic acids is 2. The molecule has 0 saturated heterocycles. The smallest absolute Gasteiger partial charge is 0.309 e. The monoisotopic (exact) mass is 476 g/mol. The average Bonchev–Trinajstić information content (AvgIpc) is 2.80. The molecule has 3 aliphatic carbocycles. The number of hydrogen-bond acceptors (Lipinski definition) is 4. The van der Waals surface area contributed by atoms with E-state index in [2.05, 4.69) is 41.5 Å². The largest absolute Gasteiger partial charge is 0.465 e. The van der Waals surface area contributed by atoms with Gasteiger partial charge >= 0.3 is 11.9 Å². The number of rotatable bonds is 6. The molecule has 0 N–H and O–H groups in total. The summed E-state index contributed by atoms with van der Waals surface area (Å²) in [6.07, 6.45) is 13.0. The number of carbonyl (C=O) groups is 2. The van der Waals surface area contributed by atoms with E-state index in [1.165, 1.54) is 25.7 Å². The molecule has 0 aromatic rings. The lowest BCUT2D eigenvalue weighted by molar-refractivity contribution is -0.164. The van der Waals surface area contributed by atoms with Crippen molar-refractivity contribution in [1.29, 1.82) is 0 Å². The van der Waals surface area contributed by atoms with E-state index in [4.69, 9.17) is 9.47 Å². The first-order chi connectivity index (χ1) is 15.9. The van der Waals surface area contributed by atoms with Crippen molar-refractivity contribution >= 4 is 11.9 Å². The normalized spacial score (nSPS) is 33.2. The van der Waals surface area contributed by atoms with Crippen molar-refractivity contribution in [1.82, 2.24) is 0 Å². The third kappa shape index (κ3) is 7.72. The molecule has 0 aliphatic heterocycles. The van der Waals surface area contributed by atoms with Crippen LogP contribution in [-0.2, 0) is 19.1 Å². The SMILES string of the molecule is CC(C)(C)C1CCC(COC(=O)C2CCCCC2C(=O)OCC2CCC(C(C)(C)C)CC2)CC1. The summed E-state index contributed by atoms with van der Waals surface area (Å²) in [4.78, 5) is 26.0. The van der Waals surface area contributed by atoms with Crippen LogP contribution in [0.4, 0.5) is 0 Å². The second-order valence-electron chi connectivity index (χ2n) is 13.9. The van der Waals surface area contributed by atoms with Crippen molar-refractivity contribution in [2.45, 2.75) is 119 Å². The highest BCUT2D eigenvalue weighted by Crippen LogP contribution is 2.41. The van der Waals surface area contributed by atoms with Crippen molar-refractivity contribution < 1.29 is 19.1 Å². The van der Waals surface area contributed by atoms with Gasteiger partial charge in [0.1, 0.15) is 0 Å². The van der Waals surface area contributed by atoms with Gasteiger partial charge in [0.15, 0.2) is 0 Å². The van der Waals surface area contributed by atoms with E-state index in [0.29, 0.717) is 35.9 Å². The summed E-state index contributed by atoms with van der Waals surface area (Å²) in [5.74, 6) is 1.52. The van der Waals surface area contributed by atoms with Crippen molar-refractivity contribution in [3.63, 3.8) is 0 Å². The first-order valence-corrected chi connectivity index (χ1v) is 14.3. The van der Waals surface area contributed by atoms with E-state index in [-0.39, 0.29) is 23.8 Å². The molecule has 3 aliphatic rings. The summed E-state index contributed by atoms with van der Waals surface area (Å²) in [7, 11) is 0. The maximum atomic E-state index is 13.0. The molecule has 0 aromatic heterocycles. The van der Waals surface area contributed by atoms with Gasteiger partial charge in [0.2, 0.25) is 0 Å². The van der Waals surface area contributed by atoms with Crippen LogP contribution >= 0.6 is 0 Å². The zero-order valence-corrected chi connectivity index (χ0v) is 23.0. The molecule has 4 heteroatoms. The minimum absolute atomic E-state index is 0.162. The standard InChI is InChI=1S/C30H52O4/c1-29(2,3)23-15-11-21(12-16-23)19-33-27(31)25-9-7-8-10-26(25)28(32)34-20-22-13-17-24(18-14-22)30(4,5)6/h21-26H,7-20H2,1-6H3. The number of ether oxygens (including phenoxy) is 2. The molecule has 3 rings (SSSR count). The summed E-state index contributed by atoms with van der Waals surface area (Å²) >= 11 is 0. The fourth-order valence-electron chi connectivity index (χ4n) is 6.70. The van der Waals surface area contributed by atoms with E-state index in [0.717, 1.165) is 63.2 Å². The molecule has 2 unspecified atom stereocenters. The molecular formula is C30H52O4. The first kappa shape index (κ1) is 27.5. The summed E-state index contributed by atoms with van der Waals surface area (Å²) in [5, 5.41) is 0. The van der Waals surface area contributed by atoms with Gasteiger partial charge < -0.3 is 9.47 Å². The van der Waals surface area contributed by atoms with Crippen LogP contribution in [0.1, 0.15) is 119 Å². The lowest BCUT2D eigenvalue weighted by Crippen LogP contribution is -2.37. The lowest BCUT2D eigenvalue weighted by Gasteiger charge is -2.37. The predicted octanol–water partition coefficient (Wildman–Crippen LogP) is 7.58. The molecule has 4 nitrogen and oxygen atoms in total. The van der Waals surface area contributed by atoms with E-state index in [1.807, 2.05) is 0 Å². The molecule has 3 fully saturated rings. The van der Waals surface area contributed by atoms with Crippen molar-refractivity contribution in [3.8, 4) is 0 Å². The van der Waals surface area contributed by atoms with Crippen LogP contribution in [0.15, 0.2) is 0 Å². The van der Waals surface area contributed by atoms with Crippen LogP contribution in [-0.4, -0.2) is 25.2 Å². The average molecular weight is 477 g/mol. The molecule has 196 valence electrons. The second-order valence-corrected chi connectivity index (χ2v) is 13.9. The maximum absolute atomic E-state index is 13.0. The molecule has 0 radical (unpaired) electrons. The van der Waals surface area contributed by atoms with Gasteiger partial charge in [0.25, 0.3) is 0 Å². The summed E-state index contributed by atoms with van der Waals surface area (Å²) in [6.45, 7) is 15.0. The minimum atomic E-state index is -0.316. The highest BCUT2D eigenvalue weighted by Gasteiger charge is 2.39.